The van der Waals surface area contributed by atoms with E-state index < -0.39 is 0 Å². The molecule has 208 valence electrons. The zero-order valence-corrected chi connectivity index (χ0v) is 23.5. The van der Waals surface area contributed by atoms with Gasteiger partial charge in [0.1, 0.15) is 0 Å². The van der Waals surface area contributed by atoms with Crippen LogP contribution < -0.4 is 38.5 Å². The molecule has 0 saturated carbocycles. The first-order valence-corrected chi connectivity index (χ1v) is 14.0. The fourth-order valence-corrected chi connectivity index (χ4v) is 4.19. The Morgan fingerprint density at radius 3 is 1.59 bits per heavy atom. The van der Waals surface area contributed by atoms with Crippen molar-refractivity contribution in [3.8, 4) is 0 Å². The second kappa shape index (κ2) is 18.0. The summed E-state index contributed by atoms with van der Waals surface area (Å²) in [7, 11) is 0. The highest BCUT2D eigenvalue weighted by Crippen LogP contribution is 2.07. The van der Waals surface area contributed by atoms with E-state index in [1.165, 1.54) is 5.56 Å². The third kappa shape index (κ3) is 11.3. The highest BCUT2D eigenvalue weighted by atomic mass is 16.5. The van der Waals surface area contributed by atoms with Gasteiger partial charge >= 0.3 is 13.8 Å². The maximum Gasteiger partial charge on any atom is 0.361 e. The van der Waals surface area contributed by atoms with Gasteiger partial charge in [0.05, 0.1) is 13.2 Å². The van der Waals surface area contributed by atoms with Crippen molar-refractivity contribution in [1.82, 2.24) is 10.6 Å². The lowest BCUT2D eigenvalue weighted by atomic mass is 9.55. The number of ether oxygens (including phenoxy) is 1. The van der Waals surface area contributed by atoms with Crippen molar-refractivity contribution in [2.75, 3.05) is 52.5 Å². The van der Waals surface area contributed by atoms with Crippen LogP contribution in [0, 0.1) is 6.92 Å². The van der Waals surface area contributed by atoms with Gasteiger partial charge in [-0.05, 0) is 34.4 Å². The van der Waals surface area contributed by atoms with Crippen LogP contribution in [0.15, 0.2) is 72.8 Å². The minimum atomic E-state index is -0.118. The van der Waals surface area contributed by atoms with Crippen molar-refractivity contribution in [2.45, 2.75) is 27.0 Å². The molecule has 0 spiro atoms. The molecule has 0 aliphatic carbocycles. The Bertz CT molecular complexity index is 1050. The maximum absolute atomic E-state index is 6.29. The molecule has 6 N–H and O–H groups in total. The molecule has 0 unspecified atom stereocenters. The second-order valence-electron chi connectivity index (χ2n) is 9.73. The van der Waals surface area contributed by atoms with E-state index in [4.69, 9.17) is 25.5 Å². The van der Waals surface area contributed by atoms with Crippen molar-refractivity contribution in [3.05, 3.63) is 89.5 Å². The predicted molar refractivity (Wildman–Crippen MR) is 165 cm³/mol. The number of benzene rings is 3. The van der Waals surface area contributed by atoms with E-state index in [1.807, 2.05) is 0 Å². The van der Waals surface area contributed by atoms with Crippen molar-refractivity contribution < 1.29 is 14.0 Å². The molecule has 0 aromatic heterocycles. The van der Waals surface area contributed by atoms with Crippen LogP contribution in [-0.2, 0) is 27.3 Å². The summed E-state index contributed by atoms with van der Waals surface area (Å²) in [6.45, 7) is 10.9. The van der Waals surface area contributed by atoms with Crippen LogP contribution in [0.5, 0.6) is 0 Å². The molecule has 39 heavy (non-hydrogen) atoms. The minimum Gasteiger partial charge on any atom is -0.430 e. The summed E-state index contributed by atoms with van der Waals surface area (Å²) in [6.07, 6.45) is 0. The molecule has 0 heterocycles. The van der Waals surface area contributed by atoms with E-state index in [9.17, 15) is 0 Å². The van der Waals surface area contributed by atoms with Gasteiger partial charge < -0.3 is 36.1 Å². The summed E-state index contributed by atoms with van der Waals surface area (Å²) in [5.74, 6) is 0. The van der Waals surface area contributed by atoms with Gasteiger partial charge in [-0.2, -0.15) is 0 Å². The summed E-state index contributed by atoms with van der Waals surface area (Å²) >= 11 is 0. The van der Waals surface area contributed by atoms with Gasteiger partial charge in [-0.3, -0.25) is 0 Å². The molecule has 3 aromatic carbocycles. The molecule has 0 fully saturated rings. The number of nitrogens with one attached hydrogen (secondary N) is 2. The average Bonchev–Trinajstić information content (AvgIpc) is 2.96. The van der Waals surface area contributed by atoms with E-state index in [0.717, 1.165) is 53.7 Å². The molecule has 0 bridgehead atoms. The Labute approximate surface area is 235 Å². The molecule has 9 heteroatoms. The van der Waals surface area contributed by atoms with Gasteiger partial charge in [-0.1, -0.05) is 85.2 Å². The molecule has 0 atom stereocenters. The van der Waals surface area contributed by atoms with Gasteiger partial charge in [0.15, 0.2) is 0 Å². The third-order valence-electron chi connectivity index (χ3n) is 6.50. The Hall–Kier alpha value is -2.49. The van der Waals surface area contributed by atoms with Crippen molar-refractivity contribution >= 4 is 30.2 Å². The van der Waals surface area contributed by atoms with E-state index in [1.54, 1.807) is 0 Å². The van der Waals surface area contributed by atoms with Crippen LogP contribution in [0.2, 0.25) is 6.82 Å². The van der Waals surface area contributed by atoms with Crippen LogP contribution in [-0.4, -0.2) is 66.3 Å². The lowest BCUT2D eigenvalue weighted by Crippen LogP contribution is -2.46. The highest BCUT2D eigenvalue weighted by molar-refractivity contribution is 6.80. The number of hydrogen-bond acceptors (Lipinski definition) is 7. The molecule has 0 amide bonds. The molecule has 0 radical (unpaired) electrons. The Balaban J connectivity index is 1.48. The zero-order chi connectivity index (χ0) is 27.7. The highest BCUT2D eigenvalue weighted by Gasteiger charge is 2.21. The molecule has 3 aromatic rings. The Morgan fingerprint density at radius 2 is 1.08 bits per heavy atom. The number of nitrogens with two attached hydrogens (primary N) is 2. The monoisotopic (exact) mass is 530 g/mol. The normalized spacial score (nSPS) is 11.1. The molecule has 0 aliphatic rings. The minimum absolute atomic E-state index is 0.0491. The smallest absolute Gasteiger partial charge is 0.361 e. The van der Waals surface area contributed by atoms with E-state index in [2.05, 4.69) is 97.2 Å². The van der Waals surface area contributed by atoms with E-state index >= 15 is 0 Å². The van der Waals surface area contributed by atoms with Crippen molar-refractivity contribution in [2.24, 2.45) is 11.5 Å². The Morgan fingerprint density at radius 1 is 0.615 bits per heavy atom. The lowest BCUT2D eigenvalue weighted by molar-refractivity contribution is 0.107. The molecule has 0 saturated heterocycles. The molecular formula is C30H44B2N4O3. The van der Waals surface area contributed by atoms with Gasteiger partial charge in [0.25, 0.3) is 0 Å². The van der Waals surface area contributed by atoms with Crippen molar-refractivity contribution in [1.29, 1.82) is 0 Å². The zero-order valence-electron chi connectivity index (χ0n) is 23.5. The van der Waals surface area contributed by atoms with Crippen LogP contribution in [0.25, 0.3) is 0 Å². The standard InChI is InChI=1S/C30H44B2N4O3/c1-25-3-9-29(10-4-25)32(39-22-20-36-18-16-34)30-13-7-27(8-14-30)24-37-23-26-5-11-28(12-6-26)31(2)38-21-19-35-17-15-33/h3-14,35-36H,15-24,33-34H2,1-2H3. The summed E-state index contributed by atoms with van der Waals surface area (Å²) in [4.78, 5) is 0. The van der Waals surface area contributed by atoms with E-state index in [0.29, 0.717) is 39.5 Å². The van der Waals surface area contributed by atoms with Gasteiger partial charge in [0, 0.05) is 52.5 Å². The maximum atomic E-state index is 6.29. The average molecular weight is 530 g/mol. The summed E-state index contributed by atoms with van der Waals surface area (Å²) in [6, 6.07) is 25.5. The predicted octanol–water partition coefficient (Wildman–Crippen LogP) is 0.776. The van der Waals surface area contributed by atoms with Crippen LogP contribution in [0.3, 0.4) is 0 Å². The van der Waals surface area contributed by atoms with Crippen LogP contribution in [0.4, 0.5) is 0 Å². The molecule has 3 rings (SSSR count). The van der Waals surface area contributed by atoms with Gasteiger partial charge in [-0.25, -0.2) is 0 Å². The van der Waals surface area contributed by atoms with Crippen molar-refractivity contribution in [3.63, 3.8) is 0 Å². The quantitative estimate of drug-likeness (QED) is 0.134. The number of rotatable bonds is 19. The first kappa shape index (κ1) is 31.0. The SMILES string of the molecule is CB(OCCNCCN)c1ccc(COCc2ccc(B(OCCNCCN)c3ccc(C)cc3)cc2)cc1. The van der Waals surface area contributed by atoms with Crippen LogP contribution >= 0.6 is 0 Å². The van der Waals surface area contributed by atoms with Gasteiger partial charge in [0.2, 0.25) is 0 Å². The fraction of sp³-hybridized carbons (Fsp3) is 0.400. The molecule has 7 nitrogen and oxygen atoms in total. The summed E-state index contributed by atoms with van der Waals surface area (Å²) < 4.78 is 18.2. The number of hydrogen-bond donors (Lipinski definition) is 4. The van der Waals surface area contributed by atoms with Gasteiger partial charge in [-0.15, -0.1) is 0 Å². The second-order valence-corrected chi connectivity index (χ2v) is 9.73. The topological polar surface area (TPSA) is 104 Å². The third-order valence-corrected chi connectivity index (χ3v) is 6.50. The Kier molecular flexibility index (Phi) is 14.3. The molecule has 0 aliphatic heterocycles. The lowest BCUT2D eigenvalue weighted by Gasteiger charge is -2.16. The fourth-order valence-electron chi connectivity index (χ4n) is 4.19. The molecular weight excluding hydrogens is 486 g/mol. The largest absolute Gasteiger partial charge is 0.430 e. The first-order chi connectivity index (χ1) is 19.1. The summed E-state index contributed by atoms with van der Waals surface area (Å²) in [5.41, 5.74) is 18.0. The van der Waals surface area contributed by atoms with E-state index in [-0.39, 0.29) is 13.8 Å². The first-order valence-electron chi connectivity index (χ1n) is 14.0. The van der Waals surface area contributed by atoms with Crippen LogP contribution in [0.1, 0.15) is 16.7 Å². The summed E-state index contributed by atoms with van der Waals surface area (Å²) in [5, 5.41) is 6.53. The number of aryl methyl sites for hydroxylation is 1.